The van der Waals surface area contributed by atoms with E-state index in [0.29, 0.717) is 0 Å². The predicted molar refractivity (Wildman–Crippen MR) is 41.2 cm³/mol. The Bertz CT molecular complexity index is 236. The van der Waals surface area contributed by atoms with Crippen LogP contribution in [0.4, 0.5) is 0 Å². The van der Waals surface area contributed by atoms with Gasteiger partial charge in [0, 0.05) is 5.56 Å². The molecule has 2 heteroatoms. The predicted octanol–water partition coefficient (Wildman–Crippen LogP) is 2.30. The lowest BCUT2D eigenvalue weighted by Gasteiger charge is -2.16. The van der Waals surface area contributed by atoms with E-state index in [1.807, 2.05) is 12.1 Å². The third kappa shape index (κ3) is 1.35. The summed E-state index contributed by atoms with van der Waals surface area (Å²) in [5.41, 5.74) is 1.13. The van der Waals surface area contributed by atoms with Crippen molar-refractivity contribution in [2.75, 3.05) is 6.61 Å². The van der Waals surface area contributed by atoms with Gasteiger partial charge in [-0.3, -0.25) is 0 Å². The molecule has 1 aromatic rings. The Kier molecular flexibility index (Phi) is 1.78. The topological polar surface area (TPSA) is 22.4 Å². The van der Waals surface area contributed by atoms with Gasteiger partial charge in [0.25, 0.3) is 0 Å². The fourth-order valence-electron chi connectivity index (χ4n) is 1.22. The zero-order chi connectivity index (χ0) is 7.52. The third-order valence-corrected chi connectivity index (χ3v) is 1.83. The molecule has 1 atom stereocenters. The molecule has 0 saturated carbocycles. The van der Waals surface area contributed by atoms with Crippen LogP contribution in [0.3, 0.4) is 0 Å². The maximum absolute atomic E-state index is 5.48. The van der Waals surface area contributed by atoms with Gasteiger partial charge >= 0.3 is 0 Å². The van der Waals surface area contributed by atoms with Gasteiger partial charge in [0.1, 0.15) is 0 Å². The van der Waals surface area contributed by atoms with E-state index in [4.69, 9.17) is 9.15 Å². The molecule has 11 heavy (non-hydrogen) atoms. The van der Waals surface area contributed by atoms with Gasteiger partial charge in [-0.1, -0.05) is 12.2 Å². The highest BCUT2D eigenvalue weighted by Crippen LogP contribution is 2.24. The van der Waals surface area contributed by atoms with Crippen LogP contribution in [0, 0.1) is 0 Å². The molecule has 1 aromatic heterocycles. The lowest BCUT2D eigenvalue weighted by molar-refractivity contribution is 0.0673. The van der Waals surface area contributed by atoms with Crippen molar-refractivity contribution in [2.24, 2.45) is 0 Å². The zero-order valence-corrected chi connectivity index (χ0v) is 6.19. The summed E-state index contributed by atoms with van der Waals surface area (Å²) in [7, 11) is 0. The lowest BCUT2D eigenvalue weighted by Crippen LogP contribution is -2.06. The van der Waals surface area contributed by atoms with Crippen LogP contribution >= 0.6 is 0 Å². The van der Waals surface area contributed by atoms with Crippen LogP contribution in [0.2, 0.25) is 0 Å². The Hall–Kier alpha value is -1.02. The van der Waals surface area contributed by atoms with Gasteiger partial charge < -0.3 is 9.15 Å². The van der Waals surface area contributed by atoms with E-state index in [-0.39, 0.29) is 6.10 Å². The maximum atomic E-state index is 5.48. The highest BCUT2D eigenvalue weighted by Gasteiger charge is 2.12. The second-order valence-electron chi connectivity index (χ2n) is 2.59. The van der Waals surface area contributed by atoms with Gasteiger partial charge in [0.2, 0.25) is 0 Å². The molecular formula is C9H10O2. The van der Waals surface area contributed by atoms with E-state index in [1.54, 1.807) is 12.5 Å². The van der Waals surface area contributed by atoms with Gasteiger partial charge in [-0.05, 0) is 12.5 Å². The zero-order valence-electron chi connectivity index (χ0n) is 6.19. The summed E-state index contributed by atoms with van der Waals surface area (Å²) in [6.07, 6.45) is 8.76. The summed E-state index contributed by atoms with van der Waals surface area (Å²) in [4.78, 5) is 0. The molecule has 0 aliphatic carbocycles. The average molecular weight is 150 g/mol. The first kappa shape index (κ1) is 6.68. The van der Waals surface area contributed by atoms with Crippen LogP contribution in [0.5, 0.6) is 0 Å². The molecule has 0 saturated heterocycles. The number of furan rings is 1. The Labute approximate surface area is 65.5 Å². The van der Waals surface area contributed by atoms with Gasteiger partial charge in [0.15, 0.2) is 0 Å². The second kappa shape index (κ2) is 2.93. The Balaban J connectivity index is 2.11. The second-order valence-corrected chi connectivity index (χ2v) is 2.59. The molecule has 2 nitrogen and oxygen atoms in total. The van der Waals surface area contributed by atoms with Crippen LogP contribution in [-0.4, -0.2) is 6.61 Å². The van der Waals surface area contributed by atoms with Gasteiger partial charge in [-0.2, -0.15) is 0 Å². The first-order valence-electron chi connectivity index (χ1n) is 3.75. The summed E-state index contributed by atoms with van der Waals surface area (Å²) < 4.78 is 10.4. The summed E-state index contributed by atoms with van der Waals surface area (Å²) in [5, 5.41) is 0. The van der Waals surface area contributed by atoms with Crippen molar-refractivity contribution in [2.45, 2.75) is 12.5 Å². The van der Waals surface area contributed by atoms with Crippen molar-refractivity contribution in [3.8, 4) is 0 Å². The first-order chi connectivity index (χ1) is 5.47. The highest BCUT2D eigenvalue weighted by molar-refractivity contribution is 5.12. The van der Waals surface area contributed by atoms with Gasteiger partial charge in [0.05, 0.1) is 25.2 Å². The Morgan fingerprint density at radius 2 is 2.36 bits per heavy atom. The van der Waals surface area contributed by atoms with Gasteiger partial charge in [-0.25, -0.2) is 0 Å². The minimum Gasteiger partial charge on any atom is -0.472 e. The normalized spacial score (nSPS) is 23.8. The van der Waals surface area contributed by atoms with Gasteiger partial charge in [-0.15, -0.1) is 0 Å². The largest absolute Gasteiger partial charge is 0.472 e. The number of hydrogen-bond donors (Lipinski definition) is 0. The lowest BCUT2D eigenvalue weighted by atomic mass is 10.1. The minimum atomic E-state index is 0.207. The van der Waals surface area contributed by atoms with Crippen molar-refractivity contribution < 1.29 is 9.15 Å². The van der Waals surface area contributed by atoms with E-state index in [2.05, 4.69) is 6.08 Å². The number of hydrogen-bond acceptors (Lipinski definition) is 2. The van der Waals surface area contributed by atoms with Crippen LogP contribution in [0.25, 0.3) is 0 Å². The molecule has 1 aliphatic heterocycles. The minimum absolute atomic E-state index is 0.207. The molecular weight excluding hydrogens is 140 g/mol. The fourth-order valence-corrected chi connectivity index (χ4v) is 1.22. The standard InChI is InChI=1S/C9H10O2/c1-2-5-11-9(3-1)8-4-6-10-7-8/h1-2,4,6-7,9H,3,5H2/t9-/m0/s1. The van der Waals surface area contributed by atoms with E-state index in [1.165, 1.54) is 0 Å². The molecule has 2 rings (SSSR count). The smallest absolute Gasteiger partial charge is 0.0960 e. The SMILES string of the molecule is C1=CC[C@@H](c2ccoc2)OC1. The molecule has 0 amide bonds. The van der Waals surface area contributed by atoms with Crippen molar-refractivity contribution in [1.29, 1.82) is 0 Å². The summed E-state index contributed by atoms with van der Waals surface area (Å²) in [6, 6.07) is 1.95. The molecule has 0 unspecified atom stereocenters. The summed E-state index contributed by atoms with van der Waals surface area (Å²) >= 11 is 0. The molecule has 0 radical (unpaired) electrons. The highest BCUT2D eigenvalue weighted by atomic mass is 16.5. The molecule has 58 valence electrons. The summed E-state index contributed by atoms with van der Waals surface area (Å²) in [6.45, 7) is 0.718. The molecule has 0 bridgehead atoms. The van der Waals surface area contributed by atoms with E-state index >= 15 is 0 Å². The van der Waals surface area contributed by atoms with E-state index < -0.39 is 0 Å². The van der Waals surface area contributed by atoms with Crippen LogP contribution in [0.15, 0.2) is 35.2 Å². The van der Waals surface area contributed by atoms with E-state index in [9.17, 15) is 0 Å². The molecule has 0 N–H and O–H groups in total. The third-order valence-electron chi connectivity index (χ3n) is 1.83. The van der Waals surface area contributed by atoms with Crippen molar-refractivity contribution in [1.82, 2.24) is 0 Å². The fraction of sp³-hybridized carbons (Fsp3) is 0.333. The Morgan fingerprint density at radius 3 is 3.00 bits per heavy atom. The Morgan fingerprint density at radius 1 is 1.36 bits per heavy atom. The average Bonchev–Trinajstić information content (AvgIpc) is 2.58. The van der Waals surface area contributed by atoms with Crippen LogP contribution in [-0.2, 0) is 4.74 Å². The quantitative estimate of drug-likeness (QED) is 0.573. The molecule has 0 aromatic carbocycles. The molecule has 1 aliphatic rings. The molecule has 0 fully saturated rings. The van der Waals surface area contributed by atoms with Crippen LogP contribution < -0.4 is 0 Å². The van der Waals surface area contributed by atoms with Crippen LogP contribution in [0.1, 0.15) is 18.1 Å². The monoisotopic (exact) mass is 150 g/mol. The maximum Gasteiger partial charge on any atom is 0.0960 e. The number of rotatable bonds is 1. The van der Waals surface area contributed by atoms with Crippen molar-refractivity contribution in [3.63, 3.8) is 0 Å². The van der Waals surface area contributed by atoms with E-state index in [0.717, 1.165) is 18.6 Å². The van der Waals surface area contributed by atoms with Crippen molar-refractivity contribution >= 4 is 0 Å². The first-order valence-corrected chi connectivity index (χ1v) is 3.75. The number of ether oxygens (including phenoxy) is 1. The molecule has 2 heterocycles. The summed E-state index contributed by atoms with van der Waals surface area (Å²) in [5.74, 6) is 0. The van der Waals surface area contributed by atoms with Crippen molar-refractivity contribution in [3.05, 3.63) is 36.3 Å². The molecule has 0 spiro atoms.